The molecule has 8 nitrogen and oxygen atoms in total. The van der Waals surface area contributed by atoms with Gasteiger partial charge in [-0.1, -0.05) is 6.42 Å². The first-order valence-electron chi connectivity index (χ1n) is 9.00. The molecule has 1 fully saturated rings. The van der Waals surface area contributed by atoms with Gasteiger partial charge < -0.3 is 14.8 Å². The van der Waals surface area contributed by atoms with Gasteiger partial charge in [-0.05, 0) is 37.1 Å². The number of nitrogens with zero attached hydrogens (tertiary/aromatic N) is 4. The first-order valence-corrected chi connectivity index (χ1v) is 9.88. The number of carbonyl (C=O) groups is 1. The van der Waals surface area contributed by atoms with E-state index in [-0.39, 0.29) is 17.1 Å². The number of aromatic nitrogens is 4. The van der Waals surface area contributed by atoms with Crippen LogP contribution in [0.25, 0.3) is 10.7 Å². The molecular formula is C19H18FN5O3S. The second-order valence-corrected chi connectivity index (χ2v) is 7.53. The molecular weight excluding hydrogens is 397 g/mol. The number of thiazole rings is 1. The van der Waals surface area contributed by atoms with Crippen LogP contribution >= 0.6 is 11.3 Å². The van der Waals surface area contributed by atoms with Gasteiger partial charge in [0, 0.05) is 18.2 Å². The third-order valence-corrected chi connectivity index (χ3v) is 5.74. The quantitative estimate of drug-likeness (QED) is 0.607. The van der Waals surface area contributed by atoms with Crippen LogP contribution in [0.3, 0.4) is 0 Å². The summed E-state index contributed by atoms with van der Waals surface area (Å²) in [6, 6.07) is 6.60. The van der Waals surface area contributed by atoms with Crippen LogP contribution in [0.15, 0.2) is 35.8 Å². The second-order valence-electron chi connectivity index (χ2n) is 6.67. The standard InChI is InChI=1S/C19H18FN5O3S/c1-27-18(26)28-15-10-29-17(23-15)13-5-6-14(25-24-13)22-11-19(7-3-8-19)16-12(20)4-2-9-21-16/h2,4-6,9-10H,3,7-8,11H2,1H3,(H,22,25). The summed E-state index contributed by atoms with van der Waals surface area (Å²) < 4.78 is 23.5. The first kappa shape index (κ1) is 19.2. The van der Waals surface area contributed by atoms with Crippen molar-refractivity contribution in [3.8, 4) is 16.6 Å². The Labute approximate surface area is 170 Å². The van der Waals surface area contributed by atoms with E-state index in [1.165, 1.54) is 24.5 Å². The van der Waals surface area contributed by atoms with Gasteiger partial charge in [0.2, 0.25) is 5.88 Å². The number of pyridine rings is 1. The second kappa shape index (κ2) is 8.08. The molecule has 0 aliphatic heterocycles. The number of carbonyl (C=O) groups excluding carboxylic acids is 1. The summed E-state index contributed by atoms with van der Waals surface area (Å²) in [5.41, 5.74) is 0.736. The Morgan fingerprint density at radius 3 is 2.83 bits per heavy atom. The zero-order chi connectivity index (χ0) is 20.3. The molecule has 1 aliphatic carbocycles. The topological polar surface area (TPSA) is 99.1 Å². The van der Waals surface area contributed by atoms with Gasteiger partial charge in [-0.2, -0.15) is 4.98 Å². The van der Waals surface area contributed by atoms with Crippen LogP contribution in [0.4, 0.5) is 15.0 Å². The van der Waals surface area contributed by atoms with Crippen molar-refractivity contribution in [3.63, 3.8) is 0 Å². The average molecular weight is 415 g/mol. The third-order valence-electron chi connectivity index (χ3n) is 4.90. The van der Waals surface area contributed by atoms with Gasteiger partial charge in [0.1, 0.15) is 22.3 Å². The highest BCUT2D eigenvalue weighted by Gasteiger charge is 2.41. The molecule has 3 aromatic rings. The molecule has 4 rings (SSSR count). The maximum Gasteiger partial charge on any atom is 0.514 e. The molecule has 150 valence electrons. The predicted octanol–water partition coefficient (Wildman–Crippen LogP) is 3.81. The Hall–Kier alpha value is -3.14. The van der Waals surface area contributed by atoms with Crippen molar-refractivity contribution in [1.29, 1.82) is 0 Å². The zero-order valence-electron chi connectivity index (χ0n) is 15.6. The summed E-state index contributed by atoms with van der Waals surface area (Å²) >= 11 is 1.27. The minimum Gasteiger partial charge on any atom is -0.437 e. The highest BCUT2D eigenvalue weighted by molar-refractivity contribution is 7.13. The molecule has 3 heterocycles. The molecule has 1 saturated carbocycles. The molecule has 0 spiro atoms. The molecule has 3 aromatic heterocycles. The average Bonchev–Trinajstić information content (AvgIpc) is 3.17. The lowest BCUT2D eigenvalue weighted by Gasteiger charge is -2.41. The first-order chi connectivity index (χ1) is 14.1. The van der Waals surface area contributed by atoms with Gasteiger partial charge in [0.15, 0.2) is 0 Å². The summed E-state index contributed by atoms with van der Waals surface area (Å²) in [4.78, 5) is 19.6. The summed E-state index contributed by atoms with van der Waals surface area (Å²) in [6.45, 7) is 0.531. The van der Waals surface area contributed by atoms with Crippen LogP contribution in [-0.2, 0) is 10.2 Å². The van der Waals surface area contributed by atoms with Crippen molar-refractivity contribution >= 4 is 23.3 Å². The maximum atomic E-state index is 14.2. The molecule has 1 N–H and O–H groups in total. The number of ether oxygens (including phenoxy) is 2. The molecule has 0 aromatic carbocycles. The highest BCUT2D eigenvalue weighted by atomic mass is 32.1. The van der Waals surface area contributed by atoms with Crippen LogP contribution < -0.4 is 10.1 Å². The monoisotopic (exact) mass is 415 g/mol. The number of hydrogen-bond acceptors (Lipinski definition) is 9. The number of hydrogen-bond donors (Lipinski definition) is 1. The predicted molar refractivity (Wildman–Crippen MR) is 104 cm³/mol. The van der Waals surface area contributed by atoms with Crippen molar-refractivity contribution in [2.24, 2.45) is 0 Å². The number of halogens is 1. The molecule has 0 bridgehead atoms. The van der Waals surface area contributed by atoms with E-state index >= 15 is 0 Å². The molecule has 1 aliphatic rings. The smallest absolute Gasteiger partial charge is 0.437 e. The lowest BCUT2D eigenvalue weighted by Crippen LogP contribution is -2.42. The van der Waals surface area contributed by atoms with Gasteiger partial charge in [0.25, 0.3) is 0 Å². The minimum absolute atomic E-state index is 0.144. The SMILES string of the molecule is COC(=O)Oc1csc(-c2ccc(NCC3(c4ncccc4F)CCC3)nn2)n1. The van der Waals surface area contributed by atoms with Gasteiger partial charge in [-0.15, -0.1) is 21.5 Å². The summed E-state index contributed by atoms with van der Waals surface area (Å²) in [5.74, 6) is 0.452. The molecule has 10 heteroatoms. The number of nitrogens with one attached hydrogen (secondary N) is 1. The van der Waals surface area contributed by atoms with Gasteiger partial charge in [-0.25, -0.2) is 9.18 Å². The normalized spacial score (nSPS) is 14.7. The van der Waals surface area contributed by atoms with Gasteiger partial charge in [-0.3, -0.25) is 4.98 Å². The Morgan fingerprint density at radius 1 is 1.31 bits per heavy atom. The van der Waals surface area contributed by atoms with Gasteiger partial charge >= 0.3 is 6.16 Å². The molecule has 0 unspecified atom stereocenters. The maximum absolute atomic E-state index is 14.2. The Bertz CT molecular complexity index is 1010. The Morgan fingerprint density at radius 2 is 2.17 bits per heavy atom. The zero-order valence-corrected chi connectivity index (χ0v) is 16.4. The van der Waals surface area contributed by atoms with Crippen molar-refractivity contribution in [1.82, 2.24) is 20.2 Å². The Kier molecular flexibility index (Phi) is 5.34. The van der Waals surface area contributed by atoms with E-state index in [1.807, 2.05) is 0 Å². The van der Waals surface area contributed by atoms with Crippen molar-refractivity contribution in [3.05, 3.63) is 47.4 Å². The molecule has 0 atom stereocenters. The minimum atomic E-state index is -0.832. The molecule has 0 radical (unpaired) electrons. The van der Waals surface area contributed by atoms with E-state index in [4.69, 9.17) is 4.74 Å². The lowest BCUT2D eigenvalue weighted by atomic mass is 9.66. The third kappa shape index (κ3) is 4.02. The molecule has 0 saturated heterocycles. The van der Waals surface area contributed by atoms with Crippen LogP contribution in [0.5, 0.6) is 5.88 Å². The fourth-order valence-corrected chi connectivity index (χ4v) is 3.91. The van der Waals surface area contributed by atoms with E-state index in [9.17, 15) is 9.18 Å². The highest BCUT2D eigenvalue weighted by Crippen LogP contribution is 2.43. The van der Waals surface area contributed by atoms with Crippen molar-refractivity contribution < 1.29 is 18.7 Å². The Balaban J connectivity index is 1.42. The van der Waals surface area contributed by atoms with Crippen LogP contribution in [-0.4, -0.2) is 40.0 Å². The number of rotatable bonds is 6. The van der Waals surface area contributed by atoms with E-state index in [0.29, 0.717) is 28.8 Å². The largest absolute Gasteiger partial charge is 0.514 e. The fourth-order valence-electron chi connectivity index (χ4n) is 3.23. The summed E-state index contributed by atoms with van der Waals surface area (Å²) in [5, 5.41) is 13.7. The number of methoxy groups -OCH3 is 1. The summed E-state index contributed by atoms with van der Waals surface area (Å²) in [6.07, 6.45) is 3.59. The van der Waals surface area contributed by atoms with Crippen molar-refractivity contribution in [2.45, 2.75) is 24.7 Å². The lowest BCUT2D eigenvalue weighted by molar-refractivity contribution is 0.120. The van der Waals surface area contributed by atoms with E-state index in [1.54, 1.807) is 29.8 Å². The molecule has 0 amide bonds. The van der Waals surface area contributed by atoms with Crippen LogP contribution in [0.2, 0.25) is 0 Å². The molecule has 29 heavy (non-hydrogen) atoms. The van der Waals surface area contributed by atoms with Crippen LogP contribution in [0, 0.1) is 5.82 Å². The van der Waals surface area contributed by atoms with E-state index in [0.717, 1.165) is 19.3 Å². The van der Waals surface area contributed by atoms with Gasteiger partial charge in [0.05, 0.1) is 18.2 Å². The van der Waals surface area contributed by atoms with E-state index in [2.05, 4.69) is 30.2 Å². The van der Waals surface area contributed by atoms with E-state index < -0.39 is 6.16 Å². The van der Waals surface area contributed by atoms with Crippen LogP contribution in [0.1, 0.15) is 25.0 Å². The number of anilines is 1. The fraction of sp³-hybridized carbons (Fsp3) is 0.316. The summed E-state index contributed by atoms with van der Waals surface area (Å²) in [7, 11) is 1.22. The van der Waals surface area contributed by atoms with Crippen molar-refractivity contribution in [2.75, 3.05) is 19.0 Å².